The second-order valence-corrected chi connectivity index (χ2v) is 11.3. The van der Waals surface area contributed by atoms with E-state index in [-0.39, 0.29) is 11.3 Å². The molecule has 4 heterocycles. The van der Waals surface area contributed by atoms with E-state index in [1.54, 1.807) is 7.11 Å². The molecule has 0 bridgehead atoms. The number of nitrogens with one attached hydrogen (secondary N) is 1. The quantitative estimate of drug-likeness (QED) is 0.424. The van der Waals surface area contributed by atoms with Crippen LogP contribution >= 0.6 is 12.6 Å². The van der Waals surface area contributed by atoms with Crippen LogP contribution in [-0.4, -0.2) is 69.0 Å². The van der Waals surface area contributed by atoms with Crippen LogP contribution in [0.5, 0.6) is 0 Å². The highest BCUT2D eigenvalue weighted by atomic mass is 32.1. The van der Waals surface area contributed by atoms with Gasteiger partial charge in [0, 0.05) is 64.2 Å². The lowest BCUT2D eigenvalue weighted by atomic mass is 9.98. The monoisotopic (exact) mass is 524 g/mol. The van der Waals surface area contributed by atoms with E-state index in [9.17, 15) is 0 Å². The average Bonchev–Trinajstić information content (AvgIpc) is 3.69. The summed E-state index contributed by atoms with van der Waals surface area (Å²) in [6.45, 7) is 9.30. The molecule has 0 radical (unpaired) electrons. The Morgan fingerprint density at radius 2 is 1.62 bits per heavy atom. The van der Waals surface area contributed by atoms with Crippen LogP contribution in [0.4, 0.5) is 17.6 Å². The fourth-order valence-electron chi connectivity index (χ4n) is 5.94. The van der Waals surface area contributed by atoms with Crippen LogP contribution in [0.2, 0.25) is 0 Å². The summed E-state index contributed by atoms with van der Waals surface area (Å²) in [6.07, 6.45) is 8.37. The van der Waals surface area contributed by atoms with Crippen LogP contribution in [0.3, 0.4) is 0 Å². The molecule has 7 nitrogen and oxygen atoms in total. The van der Waals surface area contributed by atoms with Gasteiger partial charge in [-0.25, -0.2) is 0 Å². The Labute approximate surface area is 228 Å². The number of aromatic nitrogens is 2. The molecule has 0 amide bonds. The molecule has 5 rings (SSSR count). The van der Waals surface area contributed by atoms with Crippen LogP contribution in [0, 0.1) is 0 Å². The lowest BCUT2D eigenvalue weighted by Gasteiger charge is -2.38. The third-order valence-corrected chi connectivity index (χ3v) is 8.86. The maximum atomic E-state index is 5.56. The van der Waals surface area contributed by atoms with Gasteiger partial charge in [0.15, 0.2) is 0 Å². The Morgan fingerprint density at radius 3 is 2.30 bits per heavy atom. The topological polar surface area (TPSA) is 56.8 Å². The molecular formula is C29H44N6OS. The SMILES string of the molecule is CCC(CCC(S)c1ccc(C2CNCCN2c2cc(N3CCCC3)nc(N3CCCC3)n2)cc1)OC. The van der Waals surface area contributed by atoms with Gasteiger partial charge in [0.2, 0.25) is 5.95 Å². The fraction of sp³-hybridized carbons (Fsp3) is 0.655. The minimum absolute atomic E-state index is 0.228. The van der Waals surface area contributed by atoms with Crippen molar-refractivity contribution >= 4 is 30.2 Å². The summed E-state index contributed by atoms with van der Waals surface area (Å²) in [5, 5.41) is 3.85. The highest BCUT2D eigenvalue weighted by Crippen LogP contribution is 2.34. The van der Waals surface area contributed by atoms with Crippen molar-refractivity contribution in [2.24, 2.45) is 0 Å². The summed E-state index contributed by atoms with van der Waals surface area (Å²) in [5.41, 5.74) is 2.60. The van der Waals surface area contributed by atoms with E-state index in [0.29, 0.717) is 6.10 Å². The first-order valence-corrected chi connectivity index (χ1v) is 14.8. The molecule has 1 N–H and O–H groups in total. The number of hydrogen-bond donors (Lipinski definition) is 2. The lowest BCUT2D eigenvalue weighted by molar-refractivity contribution is 0.0903. The molecule has 3 fully saturated rings. The zero-order valence-electron chi connectivity index (χ0n) is 22.6. The Hall–Kier alpha value is -2.03. The number of rotatable bonds is 10. The van der Waals surface area contributed by atoms with Crippen molar-refractivity contribution in [3.8, 4) is 0 Å². The molecule has 0 saturated carbocycles. The molecular weight excluding hydrogens is 480 g/mol. The average molecular weight is 525 g/mol. The van der Waals surface area contributed by atoms with E-state index >= 15 is 0 Å². The van der Waals surface area contributed by atoms with E-state index in [1.807, 2.05) is 0 Å². The van der Waals surface area contributed by atoms with Crippen molar-refractivity contribution in [1.29, 1.82) is 0 Å². The van der Waals surface area contributed by atoms with Crippen LogP contribution < -0.4 is 20.0 Å². The second kappa shape index (κ2) is 12.7. The summed E-state index contributed by atoms with van der Waals surface area (Å²) in [6, 6.07) is 11.6. The molecule has 8 heteroatoms. The van der Waals surface area contributed by atoms with Gasteiger partial charge in [-0.05, 0) is 56.1 Å². The first kappa shape index (κ1) is 26.6. The van der Waals surface area contributed by atoms with Gasteiger partial charge in [0.25, 0.3) is 0 Å². The Kier molecular flexibility index (Phi) is 9.10. The molecule has 3 atom stereocenters. The van der Waals surface area contributed by atoms with E-state index < -0.39 is 0 Å². The largest absolute Gasteiger partial charge is 0.381 e. The summed E-state index contributed by atoms with van der Waals surface area (Å²) in [7, 11) is 1.81. The molecule has 3 aliphatic rings. The number of benzene rings is 1. The summed E-state index contributed by atoms with van der Waals surface area (Å²) in [5.74, 6) is 3.06. The number of methoxy groups -OCH3 is 1. The minimum atomic E-state index is 0.228. The molecule has 37 heavy (non-hydrogen) atoms. The second-order valence-electron chi connectivity index (χ2n) is 10.7. The predicted molar refractivity (Wildman–Crippen MR) is 156 cm³/mol. The molecule has 3 unspecified atom stereocenters. The van der Waals surface area contributed by atoms with E-state index in [4.69, 9.17) is 27.3 Å². The van der Waals surface area contributed by atoms with Crippen molar-refractivity contribution in [1.82, 2.24) is 15.3 Å². The van der Waals surface area contributed by atoms with Crippen LogP contribution in [0.1, 0.15) is 74.3 Å². The van der Waals surface area contributed by atoms with E-state index in [2.05, 4.69) is 57.3 Å². The minimum Gasteiger partial charge on any atom is -0.381 e. The highest BCUT2D eigenvalue weighted by molar-refractivity contribution is 7.80. The molecule has 1 aromatic heterocycles. The zero-order valence-corrected chi connectivity index (χ0v) is 23.5. The van der Waals surface area contributed by atoms with Gasteiger partial charge in [0.05, 0.1) is 12.1 Å². The number of ether oxygens (including phenoxy) is 1. The van der Waals surface area contributed by atoms with Gasteiger partial charge >= 0.3 is 0 Å². The van der Waals surface area contributed by atoms with Crippen molar-refractivity contribution in [3.05, 3.63) is 41.5 Å². The molecule has 1 aromatic carbocycles. The van der Waals surface area contributed by atoms with Crippen LogP contribution in [0.25, 0.3) is 0 Å². The van der Waals surface area contributed by atoms with Gasteiger partial charge < -0.3 is 24.8 Å². The van der Waals surface area contributed by atoms with E-state index in [0.717, 1.165) is 82.7 Å². The fourth-order valence-corrected chi connectivity index (χ4v) is 6.26. The van der Waals surface area contributed by atoms with Crippen molar-refractivity contribution in [2.75, 3.05) is 67.6 Å². The molecule has 202 valence electrons. The zero-order chi connectivity index (χ0) is 25.6. The predicted octanol–water partition coefficient (Wildman–Crippen LogP) is 5.00. The van der Waals surface area contributed by atoms with Crippen molar-refractivity contribution < 1.29 is 4.74 Å². The smallest absolute Gasteiger partial charge is 0.229 e. The van der Waals surface area contributed by atoms with Gasteiger partial charge in [-0.3, -0.25) is 0 Å². The standard InChI is InChI=1S/C29H44N6OS/c1-3-24(36-2)12-13-26(37)23-10-8-22(9-11-23)25-21-30-14-19-35(25)28-20-27(33-15-4-5-16-33)31-29(32-28)34-17-6-7-18-34/h8-11,20,24-26,30,37H,3-7,12-19,21H2,1-2H3. The molecule has 3 aliphatic heterocycles. The third kappa shape index (κ3) is 6.35. The summed E-state index contributed by atoms with van der Waals surface area (Å²) < 4.78 is 5.56. The van der Waals surface area contributed by atoms with Crippen molar-refractivity contribution in [2.45, 2.75) is 69.3 Å². The Balaban J connectivity index is 1.36. The first-order chi connectivity index (χ1) is 18.2. The maximum absolute atomic E-state index is 5.56. The number of thiol groups is 1. The normalized spacial score (nSPS) is 22.0. The first-order valence-electron chi connectivity index (χ1n) is 14.3. The third-order valence-electron chi connectivity index (χ3n) is 8.30. The number of nitrogens with zero attached hydrogens (tertiary/aromatic N) is 5. The maximum Gasteiger partial charge on any atom is 0.229 e. The molecule has 0 spiro atoms. The molecule has 2 aromatic rings. The summed E-state index contributed by atoms with van der Waals surface area (Å²) >= 11 is 4.91. The van der Waals surface area contributed by atoms with Crippen LogP contribution in [0.15, 0.2) is 30.3 Å². The van der Waals surface area contributed by atoms with Crippen molar-refractivity contribution in [3.63, 3.8) is 0 Å². The highest BCUT2D eigenvalue weighted by Gasteiger charge is 2.28. The Morgan fingerprint density at radius 1 is 0.946 bits per heavy atom. The van der Waals surface area contributed by atoms with Crippen LogP contribution in [-0.2, 0) is 4.74 Å². The number of piperazine rings is 1. The molecule has 0 aliphatic carbocycles. The van der Waals surface area contributed by atoms with Gasteiger partial charge in [-0.2, -0.15) is 22.6 Å². The van der Waals surface area contributed by atoms with E-state index in [1.165, 1.54) is 36.8 Å². The lowest BCUT2D eigenvalue weighted by Crippen LogP contribution is -2.46. The van der Waals surface area contributed by atoms with Gasteiger partial charge in [0.1, 0.15) is 11.6 Å². The summed E-state index contributed by atoms with van der Waals surface area (Å²) in [4.78, 5) is 17.5. The van der Waals surface area contributed by atoms with Gasteiger partial charge in [-0.15, -0.1) is 0 Å². The number of hydrogen-bond acceptors (Lipinski definition) is 8. The number of anilines is 3. The molecule has 3 saturated heterocycles. The van der Waals surface area contributed by atoms with Gasteiger partial charge in [-0.1, -0.05) is 31.2 Å². The Bertz CT molecular complexity index is 954.